The molecule has 0 aromatic heterocycles. The van der Waals surface area contributed by atoms with Crippen LogP contribution in [0.1, 0.15) is 0 Å². The fourth-order valence-corrected chi connectivity index (χ4v) is 3.15. The maximum atomic E-state index is 13.1. The van der Waals surface area contributed by atoms with Crippen LogP contribution >= 0.6 is 11.6 Å². The third-order valence-corrected chi connectivity index (χ3v) is 4.54. The molecule has 0 bridgehead atoms. The number of halogens is 2. The summed E-state index contributed by atoms with van der Waals surface area (Å²) >= 11 is 5.64. The summed E-state index contributed by atoms with van der Waals surface area (Å²) in [5.74, 6) is -0.0488. The Bertz CT molecular complexity index is 795. The molecule has 0 radical (unpaired) electrons. The Morgan fingerprint density at radius 3 is 2.41 bits per heavy atom. The standard InChI is InChI=1S/C14H13ClFNO4S/c1-20-10-4-6-14(13(8-10)21-2)22(18,19)17-9-3-5-12(16)11(15)7-9/h3-8,17H,1-2H3. The van der Waals surface area contributed by atoms with E-state index in [1.165, 1.54) is 44.6 Å². The number of hydrogen-bond acceptors (Lipinski definition) is 4. The minimum atomic E-state index is -3.92. The Balaban J connectivity index is 2.39. The lowest BCUT2D eigenvalue weighted by Crippen LogP contribution is -2.14. The van der Waals surface area contributed by atoms with Crippen molar-refractivity contribution in [1.82, 2.24) is 0 Å². The Morgan fingerprint density at radius 2 is 1.82 bits per heavy atom. The third kappa shape index (κ3) is 3.42. The average Bonchev–Trinajstić information content (AvgIpc) is 2.50. The second-order valence-electron chi connectivity index (χ2n) is 4.25. The van der Waals surface area contributed by atoms with Crippen LogP contribution in [0.3, 0.4) is 0 Å². The van der Waals surface area contributed by atoms with E-state index < -0.39 is 15.8 Å². The first-order valence-corrected chi connectivity index (χ1v) is 7.93. The van der Waals surface area contributed by atoms with Gasteiger partial charge in [0.05, 0.1) is 24.9 Å². The van der Waals surface area contributed by atoms with Crippen LogP contribution in [0.4, 0.5) is 10.1 Å². The SMILES string of the molecule is COc1ccc(S(=O)(=O)Nc2ccc(F)c(Cl)c2)c(OC)c1. The Labute approximate surface area is 132 Å². The van der Waals surface area contributed by atoms with Gasteiger partial charge in [-0.05, 0) is 30.3 Å². The van der Waals surface area contributed by atoms with Gasteiger partial charge in [0.15, 0.2) is 0 Å². The van der Waals surface area contributed by atoms with Gasteiger partial charge in [0, 0.05) is 6.07 Å². The number of sulfonamides is 1. The van der Waals surface area contributed by atoms with E-state index in [1.807, 2.05) is 0 Å². The summed E-state index contributed by atoms with van der Waals surface area (Å²) in [6, 6.07) is 7.83. The zero-order valence-electron chi connectivity index (χ0n) is 11.8. The van der Waals surface area contributed by atoms with E-state index in [0.717, 1.165) is 6.07 Å². The molecule has 0 aliphatic rings. The number of rotatable bonds is 5. The molecule has 5 nitrogen and oxygen atoms in total. The minimum absolute atomic E-state index is 0.0729. The molecule has 0 saturated carbocycles. The maximum absolute atomic E-state index is 13.1. The monoisotopic (exact) mass is 345 g/mol. The molecule has 2 aromatic rings. The van der Waals surface area contributed by atoms with E-state index in [-0.39, 0.29) is 21.4 Å². The molecule has 0 spiro atoms. The van der Waals surface area contributed by atoms with Crippen LogP contribution in [0, 0.1) is 5.82 Å². The number of ether oxygens (including phenoxy) is 2. The molecule has 118 valence electrons. The van der Waals surface area contributed by atoms with Crippen molar-refractivity contribution in [3.63, 3.8) is 0 Å². The molecule has 1 N–H and O–H groups in total. The zero-order chi connectivity index (χ0) is 16.3. The van der Waals surface area contributed by atoms with Crippen molar-refractivity contribution in [1.29, 1.82) is 0 Å². The fourth-order valence-electron chi connectivity index (χ4n) is 1.77. The van der Waals surface area contributed by atoms with Crippen molar-refractivity contribution in [2.24, 2.45) is 0 Å². The van der Waals surface area contributed by atoms with E-state index >= 15 is 0 Å². The van der Waals surface area contributed by atoms with Gasteiger partial charge in [0.2, 0.25) is 0 Å². The highest BCUT2D eigenvalue weighted by Crippen LogP contribution is 2.30. The summed E-state index contributed by atoms with van der Waals surface area (Å²) < 4.78 is 50.3. The summed E-state index contributed by atoms with van der Waals surface area (Å²) in [6.07, 6.45) is 0. The molecule has 8 heteroatoms. The van der Waals surface area contributed by atoms with E-state index in [1.54, 1.807) is 0 Å². The maximum Gasteiger partial charge on any atom is 0.265 e. The molecule has 0 aliphatic carbocycles. The van der Waals surface area contributed by atoms with E-state index in [9.17, 15) is 12.8 Å². The molecule has 0 fully saturated rings. The number of methoxy groups -OCH3 is 2. The highest BCUT2D eigenvalue weighted by molar-refractivity contribution is 7.92. The van der Waals surface area contributed by atoms with Crippen LogP contribution in [0.15, 0.2) is 41.3 Å². The van der Waals surface area contributed by atoms with Gasteiger partial charge in [0.1, 0.15) is 22.2 Å². The molecule has 0 atom stereocenters. The van der Waals surface area contributed by atoms with Crippen molar-refractivity contribution in [2.75, 3.05) is 18.9 Å². The van der Waals surface area contributed by atoms with Gasteiger partial charge < -0.3 is 9.47 Å². The molecule has 0 unspecified atom stereocenters. The number of hydrogen-bond donors (Lipinski definition) is 1. The summed E-state index contributed by atoms with van der Waals surface area (Å²) in [5.41, 5.74) is 0.143. The largest absolute Gasteiger partial charge is 0.497 e. The fraction of sp³-hybridized carbons (Fsp3) is 0.143. The molecule has 2 rings (SSSR count). The number of nitrogens with one attached hydrogen (secondary N) is 1. The van der Waals surface area contributed by atoms with Crippen molar-refractivity contribution in [3.05, 3.63) is 47.2 Å². The Hall–Kier alpha value is -1.99. The lowest BCUT2D eigenvalue weighted by Gasteiger charge is -2.13. The normalized spacial score (nSPS) is 11.1. The highest BCUT2D eigenvalue weighted by atomic mass is 35.5. The van der Waals surface area contributed by atoms with Gasteiger partial charge in [-0.1, -0.05) is 11.6 Å². The summed E-state index contributed by atoms with van der Waals surface area (Å²) in [7, 11) is -1.11. The topological polar surface area (TPSA) is 64.6 Å². The van der Waals surface area contributed by atoms with Gasteiger partial charge >= 0.3 is 0 Å². The van der Waals surface area contributed by atoms with Gasteiger partial charge in [-0.3, -0.25) is 4.72 Å². The predicted octanol–water partition coefficient (Wildman–Crippen LogP) is 3.30. The Kier molecular flexibility index (Phi) is 4.77. The highest BCUT2D eigenvalue weighted by Gasteiger charge is 2.20. The van der Waals surface area contributed by atoms with E-state index in [0.29, 0.717) is 5.75 Å². The molecular formula is C14H13ClFNO4S. The molecule has 2 aromatic carbocycles. The average molecular weight is 346 g/mol. The van der Waals surface area contributed by atoms with Crippen LogP contribution in [0.5, 0.6) is 11.5 Å². The van der Waals surface area contributed by atoms with Crippen molar-refractivity contribution >= 4 is 27.3 Å². The molecule has 0 saturated heterocycles. The van der Waals surface area contributed by atoms with Gasteiger partial charge in [-0.2, -0.15) is 0 Å². The second-order valence-corrected chi connectivity index (χ2v) is 6.31. The van der Waals surface area contributed by atoms with Gasteiger partial charge in [-0.25, -0.2) is 12.8 Å². The lowest BCUT2D eigenvalue weighted by molar-refractivity contribution is 0.386. The van der Waals surface area contributed by atoms with Crippen molar-refractivity contribution in [2.45, 2.75) is 4.90 Å². The van der Waals surface area contributed by atoms with Crippen LogP contribution in [-0.2, 0) is 10.0 Å². The van der Waals surface area contributed by atoms with Crippen LogP contribution in [-0.4, -0.2) is 22.6 Å². The summed E-state index contributed by atoms with van der Waals surface area (Å²) in [6.45, 7) is 0. The first-order chi connectivity index (χ1) is 10.4. The first kappa shape index (κ1) is 16.4. The molecule has 0 aliphatic heterocycles. The quantitative estimate of drug-likeness (QED) is 0.903. The molecular weight excluding hydrogens is 333 g/mol. The first-order valence-electron chi connectivity index (χ1n) is 6.07. The zero-order valence-corrected chi connectivity index (χ0v) is 13.3. The van der Waals surface area contributed by atoms with Gasteiger partial charge in [0.25, 0.3) is 10.0 Å². The minimum Gasteiger partial charge on any atom is -0.497 e. The van der Waals surface area contributed by atoms with Crippen molar-refractivity contribution in [3.8, 4) is 11.5 Å². The molecule has 22 heavy (non-hydrogen) atoms. The number of benzene rings is 2. The van der Waals surface area contributed by atoms with E-state index in [2.05, 4.69) is 4.72 Å². The van der Waals surface area contributed by atoms with Crippen LogP contribution < -0.4 is 14.2 Å². The smallest absolute Gasteiger partial charge is 0.265 e. The molecule has 0 amide bonds. The summed E-state index contributed by atoms with van der Waals surface area (Å²) in [4.78, 5) is -0.0729. The van der Waals surface area contributed by atoms with Crippen molar-refractivity contribution < 1.29 is 22.3 Å². The third-order valence-electron chi connectivity index (χ3n) is 2.83. The molecule has 0 heterocycles. The predicted molar refractivity (Wildman–Crippen MR) is 81.8 cm³/mol. The van der Waals surface area contributed by atoms with Gasteiger partial charge in [-0.15, -0.1) is 0 Å². The Morgan fingerprint density at radius 1 is 1.09 bits per heavy atom. The second kappa shape index (κ2) is 6.41. The van der Waals surface area contributed by atoms with Crippen LogP contribution in [0.2, 0.25) is 5.02 Å². The lowest BCUT2D eigenvalue weighted by atomic mass is 10.3. The summed E-state index contributed by atoms with van der Waals surface area (Å²) in [5, 5.41) is -0.179. The van der Waals surface area contributed by atoms with Crippen LogP contribution in [0.25, 0.3) is 0 Å². The number of anilines is 1. The van der Waals surface area contributed by atoms with E-state index in [4.69, 9.17) is 21.1 Å².